The fraction of sp³-hybridized carbons (Fsp3) is 0.526. The van der Waals surface area contributed by atoms with Crippen molar-refractivity contribution in [1.29, 1.82) is 0 Å². The van der Waals surface area contributed by atoms with Crippen molar-refractivity contribution in [3.8, 4) is 5.75 Å². The molecular weight excluding hydrogens is 288 g/mol. The number of phenolic OH excluding ortho intramolecular Hbond substituents is 1. The van der Waals surface area contributed by atoms with Crippen molar-refractivity contribution < 1.29 is 9.90 Å². The van der Waals surface area contributed by atoms with Crippen LogP contribution in [0, 0.1) is 0 Å². The quantitative estimate of drug-likeness (QED) is 0.907. The summed E-state index contributed by atoms with van der Waals surface area (Å²) in [6.07, 6.45) is 3.12. The van der Waals surface area contributed by atoms with Crippen molar-refractivity contribution in [3.05, 3.63) is 35.9 Å². The predicted octanol–water partition coefficient (Wildman–Crippen LogP) is 3.13. The van der Waals surface area contributed by atoms with Gasteiger partial charge < -0.3 is 10.0 Å². The highest BCUT2D eigenvalue weighted by Gasteiger charge is 2.23. The normalized spacial score (nSPS) is 15.8. The first kappa shape index (κ1) is 17.5. The minimum atomic E-state index is 0.205. The highest BCUT2D eigenvalue weighted by molar-refractivity contribution is 5.79. The zero-order valence-corrected chi connectivity index (χ0v) is 14.6. The Morgan fingerprint density at radius 1 is 1.17 bits per heavy atom. The molecule has 0 saturated carbocycles. The summed E-state index contributed by atoms with van der Waals surface area (Å²) in [6, 6.07) is 7.79. The standard InChI is InChI=1S/C19H28N2O2/c1-14(2)21(15(3)4)19(23)13-20-11-9-17(10-12-20)16-5-7-18(22)8-6-16/h5-9,14-15,22H,10-13H2,1-4H3. The van der Waals surface area contributed by atoms with E-state index in [0.717, 1.165) is 25.1 Å². The van der Waals surface area contributed by atoms with Gasteiger partial charge in [0.15, 0.2) is 0 Å². The molecule has 23 heavy (non-hydrogen) atoms. The second-order valence-corrected chi connectivity index (χ2v) is 6.75. The third kappa shape index (κ3) is 4.58. The number of nitrogens with zero attached hydrogens (tertiary/aromatic N) is 2. The number of phenols is 1. The molecule has 1 aliphatic rings. The lowest BCUT2D eigenvalue weighted by Gasteiger charge is -2.34. The maximum atomic E-state index is 12.5. The summed E-state index contributed by atoms with van der Waals surface area (Å²) in [6.45, 7) is 10.4. The largest absolute Gasteiger partial charge is 0.508 e. The molecule has 2 rings (SSSR count). The molecule has 1 aromatic rings. The maximum absolute atomic E-state index is 12.5. The van der Waals surface area contributed by atoms with Gasteiger partial charge in [-0.2, -0.15) is 0 Å². The van der Waals surface area contributed by atoms with Gasteiger partial charge in [-0.25, -0.2) is 0 Å². The van der Waals surface area contributed by atoms with Crippen LogP contribution in [0.3, 0.4) is 0 Å². The Kier molecular flexibility index (Phi) is 5.83. The van der Waals surface area contributed by atoms with E-state index < -0.39 is 0 Å². The molecule has 0 unspecified atom stereocenters. The summed E-state index contributed by atoms with van der Waals surface area (Å²) in [7, 11) is 0. The topological polar surface area (TPSA) is 43.8 Å². The second kappa shape index (κ2) is 7.64. The van der Waals surface area contributed by atoms with Crippen LogP contribution in [0.1, 0.15) is 39.7 Å². The van der Waals surface area contributed by atoms with Crippen molar-refractivity contribution in [2.24, 2.45) is 0 Å². The van der Waals surface area contributed by atoms with Gasteiger partial charge in [-0.15, -0.1) is 0 Å². The number of amides is 1. The Hall–Kier alpha value is -1.81. The van der Waals surface area contributed by atoms with Gasteiger partial charge in [0.2, 0.25) is 5.91 Å². The molecule has 1 aromatic carbocycles. The van der Waals surface area contributed by atoms with Crippen LogP contribution in [0.4, 0.5) is 0 Å². The van der Waals surface area contributed by atoms with E-state index in [1.807, 2.05) is 17.0 Å². The highest BCUT2D eigenvalue weighted by atomic mass is 16.3. The first-order valence-electron chi connectivity index (χ1n) is 8.40. The molecule has 0 bridgehead atoms. The van der Waals surface area contributed by atoms with Gasteiger partial charge in [-0.1, -0.05) is 18.2 Å². The van der Waals surface area contributed by atoms with Crippen LogP contribution < -0.4 is 0 Å². The number of aromatic hydroxyl groups is 1. The lowest BCUT2D eigenvalue weighted by molar-refractivity contribution is -0.135. The van der Waals surface area contributed by atoms with Gasteiger partial charge in [0, 0.05) is 25.2 Å². The zero-order chi connectivity index (χ0) is 17.0. The van der Waals surface area contributed by atoms with Crippen LogP contribution in [0.2, 0.25) is 0 Å². The lowest BCUT2D eigenvalue weighted by atomic mass is 9.99. The molecule has 1 N–H and O–H groups in total. The maximum Gasteiger partial charge on any atom is 0.237 e. The average molecular weight is 316 g/mol. The van der Waals surface area contributed by atoms with E-state index in [2.05, 4.69) is 38.7 Å². The fourth-order valence-corrected chi connectivity index (χ4v) is 3.24. The molecule has 0 spiro atoms. The summed E-state index contributed by atoms with van der Waals surface area (Å²) in [5, 5.41) is 9.37. The van der Waals surface area contributed by atoms with E-state index in [4.69, 9.17) is 0 Å². The van der Waals surface area contributed by atoms with Gasteiger partial charge in [0.05, 0.1) is 6.54 Å². The van der Waals surface area contributed by atoms with Crippen LogP contribution >= 0.6 is 0 Å². The minimum absolute atomic E-state index is 0.205. The smallest absolute Gasteiger partial charge is 0.237 e. The summed E-state index contributed by atoms with van der Waals surface area (Å²) < 4.78 is 0. The molecule has 0 fully saturated rings. The van der Waals surface area contributed by atoms with Crippen molar-refractivity contribution in [1.82, 2.24) is 9.80 Å². The zero-order valence-electron chi connectivity index (χ0n) is 14.6. The Morgan fingerprint density at radius 2 is 1.78 bits per heavy atom. The van der Waals surface area contributed by atoms with E-state index in [1.165, 1.54) is 5.57 Å². The van der Waals surface area contributed by atoms with Crippen LogP contribution in [0.15, 0.2) is 30.3 Å². The van der Waals surface area contributed by atoms with E-state index >= 15 is 0 Å². The summed E-state index contributed by atoms with van der Waals surface area (Å²) in [5.41, 5.74) is 2.44. The Morgan fingerprint density at radius 3 is 2.26 bits per heavy atom. The molecule has 0 saturated heterocycles. The number of carbonyl (C=O) groups excluding carboxylic acids is 1. The summed E-state index contributed by atoms with van der Waals surface area (Å²) in [5.74, 6) is 0.497. The van der Waals surface area contributed by atoms with E-state index in [-0.39, 0.29) is 18.0 Å². The number of rotatable bonds is 5. The number of carbonyl (C=O) groups is 1. The van der Waals surface area contributed by atoms with Crippen molar-refractivity contribution >= 4 is 11.5 Å². The summed E-state index contributed by atoms with van der Waals surface area (Å²) >= 11 is 0. The molecule has 1 amide bonds. The molecule has 126 valence electrons. The van der Waals surface area contributed by atoms with Crippen LogP contribution in [0.5, 0.6) is 5.75 Å². The first-order chi connectivity index (χ1) is 10.9. The van der Waals surface area contributed by atoms with Gasteiger partial charge in [0.1, 0.15) is 5.75 Å². The minimum Gasteiger partial charge on any atom is -0.508 e. The highest BCUT2D eigenvalue weighted by Crippen LogP contribution is 2.24. The number of benzene rings is 1. The molecule has 1 aliphatic heterocycles. The van der Waals surface area contributed by atoms with Crippen LogP contribution in [0.25, 0.3) is 5.57 Å². The monoisotopic (exact) mass is 316 g/mol. The molecule has 0 aromatic heterocycles. The SMILES string of the molecule is CC(C)N(C(=O)CN1CC=C(c2ccc(O)cc2)CC1)C(C)C. The van der Waals surface area contributed by atoms with Gasteiger partial charge in [-0.3, -0.25) is 9.69 Å². The van der Waals surface area contributed by atoms with E-state index in [9.17, 15) is 9.90 Å². The fourth-order valence-electron chi connectivity index (χ4n) is 3.24. The van der Waals surface area contributed by atoms with Gasteiger partial charge in [0.25, 0.3) is 0 Å². The molecule has 4 nitrogen and oxygen atoms in total. The average Bonchev–Trinajstić information content (AvgIpc) is 2.48. The number of hydrogen-bond acceptors (Lipinski definition) is 3. The Bertz CT molecular complexity index is 553. The Balaban J connectivity index is 1.95. The molecular formula is C19H28N2O2. The Labute approximate surface area is 139 Å². The molecule has 0 radical (unpaired) electrons. The third-order valence-corrected chi connectivity index (χ3v) is 4.29. The van der Waals surface area contributed by atoms with Crippen LogP contribution in [-0.4, -0.2) is 52.5 Å². The van der Waals surface area contributed by atoms with E-state index in [0.29, 0.717) is 12.3 Å². The molecule has 0 atom stereocenters. The van der Waals surface area contributed by atoms with Gasteiger partial charge >= 0.3 is 0 Å². The predicted molar refractivity (Wildman–Crippen MR) is 94.3 cm³/mol. The van der Waals surface area contributed by atoms with Crippen molar-refractivity contribution in [2.45, 2.75) is 46.2 Å². The van der Waals surface area contributed by atoms with Crippen LogP contribution in [-0.2, 0) is 4.79 Å². The summed E-state index contributed by atoms with van der Waals surface area (Å²) in [4.78, 5) is 16.7. The van der Waals surface area contributed by atoms with Gasteiger partial charge in [-0.05, 0) is 57.4 Å². The molecule has 4 heteroatoms. The molecule has 1 heterocycles. The second-order valence-electron chi connectivity index (χ2n) is 6.75. The van der Waals surface area contributed by atoms with Crippen molar-refractivity contribution in [2.75, 3.05) is 19.6 Å². The number of hydrogen-bond donors (Lipinski definition) is 1. The lowest BCUT2D eigenvalue weighted by Crippen LogP contribution is -2.47. The first-order valence-corrected chi connectivity index (χ1v) is 8.40. The molecule has 0 aliphatic carbocycles. The third-order valence-electron chi connectivity index (χ3n) is 4.29. The van der Waals surface area contributed by atoms with Crippen molar-refractivity contribution in [3.63, 3.8) is 0 Å². The van der Waals surface area contributed by atoms with E-state index in [1.54, 1.807) is 12.1 Å².